The Morgan fingerprint density at radius 3 is 1.70 bits per heavy atom. The number of nitrogens with one attached hydrogen (secondary N) is 4. The number of anilines is 2. The molecule has 66 heavy (non-hydrogen) atoms. The summed E-state index contributed by atoms with van der Waals surface area (Å²) in [7, 11) is 2.95. The van der Waals surface area contributed by atoms with E-state index in [1.165, 1.54) is 45.1 Å². The molecule has 6 heterocycles. The molecule has 0 aliphatic carbocycles. The van der Waals surface area contributed by atoms with Crippen LogP contribution in [0.2, 0.25) is 0 Å². The van der Waals surface area contributed by atoms with Gasteiger partial charge in [0.15, 0.2) is 5.82 Å². The highest BCUT2D eigenvalue weighted by atomic mass is 32.1. The zero-order valence-electron chi connectivity index (χ0n) is 40.5. The second-order valence-corrected chi connectivity index (χ2v) is 14.5. The van der Waals surface area contributed by atoms with Crippen molar-refractivity contribution in [1.29, 1.82) is 0 Å². The van der Waals surface area contributed by atoms with Crippen molar-refractivity contribution in [3.63, 3.8) is 0 Å². The van der Waals surface area contributed by atoms with Gasteiger partial charge in [0.05, 0.1) is 45.2 Å². The molecule has 0 bridgehead atoms. The van der Waals surface area contributed by atoms with Crippen molar-refractivity contribution in [3.05, 3.63) is 144 Å². The molecule has 6 aromatic heterocycles. The highest BCUT2D eigenvalue weighted by Crippen LogP contribution is 2.30. The lowest BCUT2D eigenvalue weighted by atomic mass is 9.95. The molecule has 16 nitrogen and oxygen atoms in total. The van der Waals surface area contributed by atoms with Gasteiger partial charge in [0, 0.05) is 104 Å². The smallest absolute Gasteiger partial charge is 0.254 e. The van der Waals surface area contributed by atoms with Crippen molar-refractivity contribution in [3.8, 4) is 22.5 Å². The molecule has 340 valence electrons. The van der Waals surface area contributed by atoms with E-state index >= 15 is 0 Å². The monoisotopic (exact) mass is 934 g/mol. The molecule has 0 saturated carbocycles. The predicted molar refractivity (Wildman–Crippen MR) is 260 cm³/mol. The number of fused-ring (bicyclic) bond motifs is 2. The van der Waals surface area contributed by atoms with E-state index in [9.17, 15) is 18.4 Å². The lowest BCUT2D eigenvalue weighted by molar-refractivity contribution is 0.0954. The Labute approximate surface area is 399 Å². The number of aryl methyl sites for hydroxylation is 2. The molecule has 0 aliphatic heterocycles. The topological polar surface area (TPSA) is 211 Å². The van der Waals surface area contributed by atoms with Crippen LogP contribution in [0, 0.1) is 25.5 Å². The summed E-state index contributed by atoms with van der Waals surface area (Å²) in [5.74, 6) is -0.580. The number of carbonyl (C=O) groups excluding carboxylic acids is 2. The first-order chi connectivity index (χ1) is 32.6. The Morgan fingerprint density at radius 2 is 1.17 bits per heavy atom. The van der Waals surface area contributed by atoms with Crippen molar-refractivity contribution in [2.24, 2.45) is 0 Å². The van der Waals surface area contributed by atoms with Gasteiger partial charge in [-0.3, -0.25) is 19.6 Å². The molecule has 0 unspecified atom stereocenters. The van der Waals surface area contributed by atoms with Crippen molar-refractivity contribution in [2.45, 2.75) is 39.5 Å². The Morgan fingerprint density at radius 1 is 0.636 bits per heavy atom. The van der Waals surface area contributed by atoms with Gasteiger partial charge in [-0.15, -0.1) is 0 Å². The molecule has 0 saturated heterocycles. The first-order valence-electron chi connectivity index (χ1n) is 21.9. The van der Waals surface area contributed by atoms with Crippen molar-refractivity contribution < 1.29 is 23.9 Å². The normalized spacial score (nSPS) is 12.4. The van der Waals surface area contributed by atoms with Crippen molar-refractivity contribution in [1.82, 2.24) is 60.5 Å². The van der Waals surface area contributed by atoms with Crippen LogP contribution >= 0.6 is 27.0 Å². The van der Waals surface area contributed by atoms with E-state index in [1.807, 2.05) is 19.9 Å². The molecule has 20 heteroatoms. The van der Waals surface area contributed by atoms with Gasteiger partial charge >= 0.3 is 0 Å². The summed E-state index contributed by atoms with van der Waals surface area (Å²) < 4.78 is 61.3. The number of pyridine rings is 2. The molecule has 8 rings (SSSR count). The van der Waals surface area contributed by atoms with Gasteiger partial charge in [-0.25, -0.2) is 48.7 Å². The third-order valence-electron chi connectivity index (χ3n) is 10.1. The Hall–Kier alpha value is -7.32. The van der Waals surface area contributed by atoms with Gasteiger partial charge in [0.1, 0.15) is 41.8 Å². The standard InChI is InChI=1S/2C23H22FN7O.2H2S/c1-13(9-29-20-8-19(30-12-31-20)15-10-27-14(2)28-11-15)16-4-5-18(24)21-17(23(32)25-3)6-7-26-22(16)21;1-13(8-28-20-7-19(30-12-31-20)15-9-26-14(2)27-10-15)16-5-4-6-17-21(23(32)25-3)18(24)11-29-22(16)17;;/h4-8,10-13H,9H2,1-3H3,(H,25,32)(H,29,30,31);4-7,9-13H,8H2,1-3H3,(H,25,32)(H,28,30,31);2*1H2/t2*13-;;/m11../s1/i10D,11D;9D,10D;;. The molecule has 2 aromatic carbocycles. The zero-order chi connectivity index (χ0) is 48.8. The number of amides is 2. The maximum Gasteiger partial charge on any atom is 0.254 e. The summed E-state index contributed by atoms with van der Waals surface area (Å²) >= 11 is 0. The first kappa shape index (κ1) is 43.9. The van der Waals surface area contributed by atoms with E-state index in [1.54, 1.807) is 44.2 Å². The van der Waals surface area contributed by atoms with Gasteiger partial charge < -0.3 is 21.3 Å². The van der Waals surface area contributed by atoms with E-state index in [0.717, 1.165) is 17.3 Å². The molecule has 0 spiro atoms. The van der Waals surface area contributed by atoms with E-state index in [-0.39, 0.29) is 97.1 Å². The Balaban J connectivity index is 0.000000254. The van der Waals surface area contributed by atoms with Crippen LogP contribution in [0.5, 0.6) is 0 Å². The number of halogens is 2. The van der Waals surface area contributed by atoms with E-state index in [4.69, 9.17) is 5.48 Å². The molecular formula is C46H48F2N14O2S2. The van der Waals surface area contributed by atoms with Gasteiger partial charge in [-0.2, -0.15) is 27.0 Å². The Kier molecular flexibility index (Phi) is 15.0. The van der Waals surface area contributed by atoms with Gasteiger partial charge in [0.25, 0.3) is 11.8 Å². The minimum absolute atomic E-state index is 0. The summed E-state index contributed by atoms with van der Waals surface area (Å²) in [4.78, 5) is 65.8. The average Bonchev–Trinajstić information content (AvgIpc) is 3.31. The number of benzene rings is 2. The van der Waals surface area contributed by atoms with Crippen LogP contribution in [0.15, 0.2) is 98.3 Å². The third-order valence-corrected chi connectivity index (χ3v) is 10.1. The minimum Gasteiger partial charge on any atom is -0.369 e. The van der Waals surface area contributed by atoms with Gasteiger partial charge in [-0.1, -0.05) is 38.1 Å². The van der Waals surface area contributed by atoms with E-state index in [0.29, 0.717) is 64.2 Å². The summed E-state index contributed by atoms with van der Waals surface area (Å²) in [5, 5.41) is 12.1. The third kappa shape index (κ3) is 11.3. The summed E-state index contributed by atoms with van der Waals surface area (Å²) in [6.07, 6.45) is 4.94. The van der Waals surface area contributed by atoms with Crippen molar-refractivity contribution >= 4 is 72.2 Å². The fraction of sp³-hybridized carbons (Fsp3) is 0.217. The maximum atomic E-state index is 14.6. The van der Waals surface area contributed by atoms with Crippen LogP contribution in [0.25, 0.3) is 44.3 Å². The van der Waals surface area contributed by atoms with Crippen LogP contribution in [-0.2, 0) is 0 Å². The fourth-order valence-electron chi connectivity index (χ4n) is 6.74. The molecular weight excluding hydrogens is 883 g/mol. The van der Waals surface area contributed by atoms with Crippen molar-refractivity contribution in [2.75, 3.05) is 37.8 Å². The first-order valence-corrected chi connectivity index (χ1v) is 19.9. The predicted octanol–water partition coefficient (Wildman–Crippen LogP) is 7.23. The molecule has 0 aliphatic rings. The molecule has 8 aromatic rings. The van der Waals surface area contributed by atoms with Crippen LogP contribution in [0.4, 0.5) is 20.4 Å². The number of carbonyl (C=O) groups is 2. The molecule has 4 N–H and O–H groups in total. The second kappa shape index (κ2) is 22.5. The van der Waals surface area contributed by atoms with Crippen LogP contribution in [-0.4, -0.2) is 88.8 Å². The number of hydrogen-bond acceptors (Lipinski definition) is 14. The number of rotatable bonds is 12. The van der Waals surface area contributed by atoms with Crippen LogP contribution < -0.4 is 21.3 Å². The van der Waals surface area contributed by atoms with Crippen LogP contribution in [0.1, 0.15) is 74.7 Å². The molecule has 2 amide bonds. The largest absolute Gasteiger partial charge is 0.369 e. The maximum absolute atomic E-state index is 14.6. The van der Waals surface area contributed by atoms with Gasteiger partial charge in [0.2, 0.25) is 0 Å². The summed E-state index contributed by atoms with van der Waals surface area (Å²) in [6.45, 7) is 8.06. The van der Waals surface area contributed by atoms with E-state index < -0.39 is 17.5 Å². The lowest BCUT2D eigenvalue weighted by Crippen LogP contribution is -2.20. The van der Waals surface area contributed by atoms with Gasteiger partial charge in [-0.05, 0) is 37.1 Å². The average molecular weight is 935 g/mol. The lowest BCUT2D eigenvalue weighted by Gasteiger charge is -2.17. The number of para-hydroxylation sites is 1. The molecule has 2 atom stereocenters. The highest BCUT2D eigenvalue weighted by Gasteiger charge is 2.21. The van der Waals surface area contributed by atoms with Crippen LogP contribution in [0.3, 0.4) is 0 Å². The number of hydrogen-bond donors (Lipinski definition) is 4. The SMILES string of the molecule is S.S.[2H]c1nc(C)nc([2H])c1-c1cc(NC[C@@H](C)c2ccc(F)c3c(C(=O)NC)ccnc23)ncn1.[2H]c1nc(C)nc([2H])c1-c1cc(NC[C@@H](C)c2cccc3c(C(=O)NC)c(F)cnc23)ncn1. The quantitative estimate of drug-likeness (QED) is 0.0952. The second-order valence-electron chi connectivity index (χ2n) is 14.5. The molecule has 0 radical (unpaired) electrons. The molecule has 0 fully saturated rings. The summed E-state index contributed by atoms with van der Waals surface area (Å²) in [6, 6.07) is 13.1. The van der Waals surface area contributed by atoms with E-state index in [2.05, 4.69) is 71.1 Å². The zero-order valence-corrected chi connectivity index (χ0v) is 38.5. The Bertz CT molecular complexity index is 3190. The summed E-state index contributed by atoms with van der Waals surface area (Å²) in [5.41, 5.74) is 3.98. The highest BCUT2D eigenvalue weighted by molar-refractivity contribution is 7.59. The fourth-order valence-corrected chi connectivity index (χ4v) is 6.74. The number of aromatic nitrogens is 10. The minimum atomic E-state index is -0.675. The number of nitrogens with zero attached hydrogens (tertiary/aromatic N) is 10.